The summed E-state index contributed by atoms with van der Waals surface area (Å²) >= 11 is 0. The number of fused-ring (bicyclic) bond motifs is 1. The zero-order valence-electron chi connectivity index (χ0n) is 17.0. The molecule has 30 heavy (non-hydrogen) atoms. The third kappa shape index (κ3) is 4.31. The van der Waals surface area contributed by atoms with Crippen molar-refractivity contribution in [2.75, 3.05) is 27.4 Å². The van der Waals surface area contributed by atoms with Gasteiger partial charge >= 0.3 is 0 Å². The van der Waals surface area contributed by atoms with Crippen LogP contribution in [0.5, 0.6) is 11.5 Å². The van der Waals surface area contributed by atoms with Gasteiger partial charge in [-0.1, -0.05) is 18.2 Å². The van der Waals surface area contributed by atoms with Crippen LogP contribution < -0.4 is 20.3 Å². The molecule has 156 valence electrons. The highest BCUT2D eigenvalue weighted by Gasteiger charge is 2.19. The second-order valence-electron chi connectivity index (χ2n) is 7.00. The highest BCUT2D eigenvalue weighted by molar-refractivity contribution is 5.96. The number of hydrogen-bond acceptors (Lipinski definition) is 6. The van der Waals surface area contributed by atoms with Gasteiger partial charge in [-0.3, -0.25) is 4.79 Å². The van der Waals surface area contributed by atoms with Crippen molar-refractivity contribution in [3.63, 3.8) is 0 Å². The first-order chi connectivity index (χ1) is 14.7. The summed E-state index contributed by atoms with van der Waals surface area (Å²) in [5, 5.41) is 3.76. The lowest BCUT2D eigenvalue weighted by molar-refractivity contribution is 0.0854. The Bertz CT molecular complexity index is 1120. The topological polar surface area (TPSA) is 82.3 Å². The number of ether oxygens (including phenoxy) is 3. The molecule has 0 saturated carbocycles. The predicted octanol–water partition coefficient (Wildman–Crippen LogP) is 3.59. The van der Waals surface area contributed by atoms with E-state index in [-0.39, 0.29) is 17.6 Å². The van der Waals surface area contributed by atoms with Gasteiger partial charge in [-0.2, -0.15) is 0 Å². The van der Waals surface area contributed by atoms with Crippen LogP contribution in [0.3, 0.4) is 0 Å². The van der Waals surface area contributed by atoms with Crippen LogP contribution in [-0.2, 0) is 4.74 Å². The molecule has 1 fully saturated rings. The van der Waals surface area contributed by atoms with Gasteiger partial charge in [-0.15, -0.1) is 0 Å². The van der Waals surface area contributed by atoms with Gasteiger partial charge < -0.3 is 23.9 Å². The zero-order valence-corrected chi connectivity index (χ0v) is 17.0. The molecule has 1 saturated heterocycles. The van der Waals surface area contributed by atoms with Crippen LogP contribution in [0.2, 0.25) is 0 Å². The smallest absolute Gasteiger partial charge is 0.256 e. The first-order valence-corrected chi connectivity index (χ1v) is 9.87. The number of methoxy groups -OCH3 is 2. The van der Waals surface area contributed by atoms with Crippen molar-refractivity contribution < 1.29 is 23.4 Å². The second-order valence-corrected chi connectivity index (χ2v) is 7.00. The molecule has 0 aliphatic carbocycles. The molecule has 2 aromatic carbocycles. The summed E-state index contributed by atoms with van der Waals surface area (Å²) in [4.78, 5) is 17.6. The Morgan fingerprint density at radius 3 is 2.80 bits per heavy atom. The number of amides is 1. The van der Waals surface area contributed by atoms with Crippen molar-refractivity contribution in [2.24, 2.45) is 4.99 Å². The van der Waals surface area contributed by atoms with Crippen molar-refractivity contribution >= 4 is 22.6 Å². The van der Waals surface area contributed by atoms with Gasteiger partial charge in [0, 0.05) is 24.6 Å². The molecule has 1 aliphatic heterocycles. The fourth-order valence-corrected chi connectivity index (χ4v) is 3.41. The van der Waals surface area contributed by atoms with E-state index >= 15 is 0 Å². The Kier molecular flexibility index (Phi) is 5.99. The third-order valence-electron chi connectivity index (χ3n) is 5.02. The maximum Gasteiger partial charge on any atom is 0.256 e. The predicted molar refractivity (Wildman–Crippen MR) is 112 cm³/mol. The maximum absolute atomic E-state index is 13.0. The van der Waals surface area contributed by atoms with Crippen LogP contribution in [0, 0.1) is 0 Å². The molecule has 1 aromatic heterocycles. The van der Waals surface area contributed by atoms with Gasteiger partial charge in [0.2, 0.25) is 5.55 Å². The fourth-order valence-electron chi connectivity index (χ4n) is 3.41. The van der Waals surface area contributed by atoms with E-state index in [1.54, 1.807) is 38.5 Å². The van der Waals surface area contributed by atoms with Crippen LogP contribution in [0.1, 0.15) is 23.2 Å². The summed E-state index contributed by atoms with van der Waals surface area (Å²) in [5.74, 6) is 0.908. The second kappa shape index (κ2) is 9.00. The number of benzene rings is 2. The van der Waals surface area contributed by atoms with E-state index in [9.17, 15) is 4.79 Å². The minimum atomic E-state index is -0.258. The number of nitrogens with zero attached hydrogens (tertiary/aromatic N) is 1. The van der Waals surface area contributed by atoms with Crippen molar-refractivity contribution in [3.05, 3.63) is 59.6 Å². The minimum Gasteiger partial charge on any atom is -0.497 e. The Hall–Kier alpha value is -3.32. The zero-order chi connectivity index (χ0) is 20.9. The SMILES string of the molecule is COc1ccc(N=c2oc3ccccc3cc2C(=O)NCC2CCCO2)c(OC)c1. The summed E-state index contributed by atoms with van der Waals surface area (Å²) < 4.78 is 22.3. The number of hydrogen-bond donors (Lipinski definition) is 1. The normalized spacial score (nSPS) is 16.6. The molecule has 4 rings (SSSR count). The molecule has 1 unspecified atom stereocenters. The number of carbonyl (C=O) groups is 1. The van der Waals surface area contributed by atoms with E-state index in [4.69, 9.17) is 18.6 Å². The third-order valence-corrected chi connectivity index (χ3v) is 5.02. The summed E-state index contributed by atoms with van der Waals surface area (Å²) in [6.45, 7) is 1.20. The van der Waals surface area contributed by atoms with Gasteiger partial charge in [0.1, 0.15) is 28.3 Å². The molecule has 3 aromatic rings. The van der Waals surface area contributed by atoms with Crippen molar-refractivity contribution in [3.8, 4) is 11.5 Å². The first kappa shape index (κ1) is 20.0. The van der Waals surface area contributed by atoms with Gasteiger partial charge in [-0.25, -0.2) is 4.99 Å². The Labute approximate surface area is 174 Å². The number of carbonyl (C=O) groups excluding carboxylic acids is 1. The van der Waals surface area contributed by atoms with Crippen molar-refractivity contribution in [1.29, 1.82) is 0 Å². The fraction of sp³-hybridized carbons (Fsp3) is 0.304. The molecular weight excluding hydrogens is 384 g/mol. The van der Waals surface area contributed by atoms with Gasteiger partial charge in [0.15, 0.2) is 0 Å². The average molecular weight is 408 g/mol. The standard InChI is InChI=1S/C23H24N2O5/c1-27-16-9-10-19(21(13-16)28-2)25-23-18(12-15-6-3-4-8-20(15)30-23)22(26)24-14-17-7-5-11-29-17/h3-4,6,8-10,12-13,17H,5,7,11,14H2,1-2H3,(H,24,26). The lowest BCUT2D eigenvalue weighted by Crippen LogP contribution is -2.34. The highest BCUT2D eigenvalue weighted by atomic mass is 16.5. The quantitative estimate of drug-likeness (QED) is 0.674. The largest absolute Gasteiger partial charge is 0.497 e. The number of para-hydroxylation sites is 1. The van der Waals surface area contributed by atoms with Gasteiger partial charge in [0.25, 0.3) is 5.91 Å². The van der Waals surface area contributed by atoms with Gasteiger partial charge in [-0.05, 0) is 37.1 Å². The average Bonchev–Trinajstić information content (AvgIpc) is 3.31. The molecule has 1 N–H and O–H groups in total. The number of nitrogens with one attached hydrogen (secondary N) is 1. The van der Waals surface area contributed by atoms with Crippen LogP contribution in [-0.4, -0.2) is 39.4 Å². The monoisotopic (exact) mass is 408 g/mol. The van der Waals surface area contributed by atoms with Crippen LogP contribution in [0.4, 0.5) is 5.69 Å². The molecule has 0 radical (unpaired) electrons. The molecule has 1 amide bonds. The molecule has 1 atom stereocenters. The van der Waals surface area contributed by atoms with E-state index in [0.29, 0.717) is 34.9 Å². The molecule has 7 heteroatoms. The Morgan fingerprint density at radius 1 is 1.17 bits per heavy atom. The maximum atomic E-state index is 13.0. The van der Waals surface area contributed by atoms with E-state index in [1.807, 2.05) is 24.3 Å². The van der Waals surface area contributed by atoms with Crippen LogP contribution in [0.25, 0.3) is 11.0 Å². The molecule has 1 aliphatic rings. The van der Waals surface area contributed by atoms with Crippen LogP contribution >= 0.6 is 0 Å². The molecule has 0 bridgehead atoms. The molecule has 2 heterocycles. The van der Waals surface area contributed by atoms with Crippen molar-refractivity contribution in [1.82, 2.24) is 5.32 Å². The lowest BCUT2D eigenvalue weighted by atomic mass is 10.1. The Morgan fingerprint density at radius 2 is 2.03 bits per heavy atom. The number of rotatable bonds is 6. The van der Waals surface area contributed by atoms with E-state index < -0.39 is 0 Å². The van der Waals surface area contributed by atoms with E-state index in [2.05, 4.69) is 10.3 Å². The Balaban J connectivity index is 1.76. The van der Waals surface area contributed by atoms with E-state index in [1.165, 1.54) is 0 Å². The van der Waals surface area contributed by atoms with Crippen LogP contribution in [0.15, 0.2) is 57.9 Å². The lowest BCUT2D eigenvalue weighted by Gasteiger charge is -2.11. The molecule has 7 nitrogen and oxygen atoms in total. The summed E-state index contributed by atoms with van der Waals surface area (Å²) in [5.41, 5.74) is 1.73. The summed E-state index contributed by atoms with van der Waals surface area (Å²) in [6, 6.07) is 14.6. The summed E-state index contributed by atoms with van der Waals surface area (Å²) in [7, 11) is 3.14. The first-order valence-electron chi connectivity index (χ1n) is 9.87. The molecular formula is C23H24N2O5. The van der Waals surface area contributed by atoms with Crippen molar-refractivity contribution in [2.45, 2.75) is 18.9 Å². The minimum absolute atomic E-state index is 0.0495. The summed E-state index contributed by atoms with van der Waals surface area (Å²) in [6.07, 6.45) is 2.01. The highest BCUT2D eigenvalue weighted by Crippen LogP contribution is 2.31. The molecule has 0 spiro atoms. The van der Waals surface area contributed by atoms with E-state index in [0.717, 1.165) is 24.8 Å². The van der Waals surface area contributed by atoms with Gasteiger partial charge in [0.05, 0.1) is 20.3 Å².